The van der Waals surface area contributed by atoms with Crippen LogP contribution in [-0.2, 0) is 10.5 Å². The molecule has 0 saturated carbocycles. The van der Waals surface area contributed by atoms with Gasteiger partial charge in [0.1, 0.15) is 5.82 Å². The van der Waals surface area contributed by atoms with Crippen LogP contribution >= 0.6 is 23.1 Å². The number of fused-ring (bicyclic) bond motifs is 1. The van der Waals surface area contributed by atoms with Crippen molar-refractivity contribution in [3.8, 4) is 0 Å². The Morgan fingerprint density at radius 3 is 3.04 bits per heavy atom. The lowest BCUT2D eigenvalue weighted by atomic mass is 10.2. The number of aromatic amines is 1. The van der Waals surface area contributed by atoms with Crippen molar-refractivity contribution in [3.05, 3.63) is 46.0 Å². The number of nitrogens with zero attached hydrogens (tertiary/aromatic N) is 2. The van der Waals surface area contributed by atoms with Gasteiger partial charge in [-0.25, -0.2) is 4.39 Å². The molecule has 2 aromatic heterocycles. The van der Waals surface area contributed by atoms with Crippen LogP contribution in [0.4, 0.5) is 9.52 Å². The highest BCUT2D eigenvalue weighted by molar-refractivity contribution is 8.00. The standard InChI is InChI=1S/C14H11FN4O2S2/c1-7(20)16-13-18-19-14(23-13)22-6-8-5-11(21)9-3-2-4-10(15)12(9)17-8/h2-5H,6H2,1H3,(H,17,21)(H,16,18,20). The first-order valence-electron chi connectivity index (χ1n) is 6.57. The fourth-order valence-corrected chi connectivity index (χ4v) is 3.68. The van der Waals surface area contributed by atoms with Gasteiger partial charge in [0.15, 0.2) is 9.77 Å². The second-order valence-corrected chi connectivity index (χ2v) is 6.86. The molecule has 6 nitrogen and oxygen atoms in total. The van der Waals surface area contributed by atoms with Crippen LogP contribution in [0, 0.1) is 5.82 Å². The molecule has 9 heteroatoms. The van der Waals surface area contributed by atoms with E-state index in [4.69, 9.17) is 0 Å². The summed E-state index contributed by atoms with van der Waals surface area (Å²) < 4.78 is 14.4. The first kappa shape index (κ1) is 15.6. The highest BCUT2D eigenvalue weighted by Gasteiger charge is 2.09. The Kier molecular flexibility index (Phi) is 4.39. The number of carbonyl (C=O) groups excluding carboxylic acids is 1. The van der Waals surface area contributed by atoms with Crippen molar-refractivity contribution in [3.63, 3.8) is 0 Å². The summed E-state index contributed by atoms with van der Waals surface area (Å²) in [6.07, 6.45) is 0. The number of rotatable bonds is 4. The molecule has 0 bridgehead atoms. The van der Waals surface area contributed by atoms with Crippen LogP contribution < -0.4 is 10.7 Å². The topological polar surface area (TPSA) is 87.7 Å². The highest BCUT2D eigenvalue weighted by Crippen LogP contribution is 2.28. The minimum Gasteiger partial charge on any atom is -0.355 e. The number of benzene rings is 1. The lowest BCUT2D eigenvalue weighted by Crippen LogP contribution is -2.05. The molecular weight excluding hydrogens is 339 g/mol. The molecule has 1 amide bonds. The van der Waals surface area contributed by atoms with Crippen LogP contribution in [0.3, 0.4) is 0 Å². The van der Waals surface area contributed by atoms with E-state index in [2.05, 4.69) is 20.5 Å². The predicted octanol–water partition coefficient (Wildman–Crippen LogP) is 2.77. The summed E-state index contributed by atoms with van der Waals surface area (Å²) in [7, 11) is 0. The SMILES string of the molecule is CC(=O)Nc1nnc(SCc2cc(=O)c3cccc(F)c3[nH]2)s1. The van der Waals surface area contributed by atoms with Crippen LogP contribution in [0.15, 0.2) is 33.4 Å². The van der Waals surface area contributed by atoms with E-state index in [9.17, 15) is 14.0 Å². The average Bonchev–Trinajstić information content (AvgIpc) is 2.93. The molecule has 2 heterocycles. The first-order chi connectivity index (χ1) is 11.0. The molecule has 0 unspecified atom stereocenters. The van der Waals surface area contributed by atoms with Gasteiger partial charge in [0.25, 0.3) is 0 Å². The van der Waals surface area contributed by atoms with Gasteiger partial charge in [-0.2, -0.15) is 0 Å². The number of pyridine rings is 1. The van der Waals surface area contributed by atoms with E-state index in [0.29, 0.717) is 26.3 Å². The van der Waals surface area contributed by atoms with Crippen LogP contribution in [0.5, 0.6) is 0 Å². The molecule has 0 spiro atoms. The number of anilines is 1. The van der Waals surface area contributed by atoms with Crippen molar-refractivity contribution in [2.75, 3.05) is 5.32 Å². The van der Waals surface area contributed by atoms with Gasteiger partial charge in [-0.1, -0.05) is 29.2 Å². The zero-order valence-electron chi connectivity index (χ0n) is 11.9. The number of amides is 1. The van der Waals surface area contributed by atoms with E-state index in [1.165, 1.54) is 48.2 Å². The lowest BCUT2D eigenvalue weighted by Gasteiger charge is -2.03. The summed E-state index contributed by atoms with van der Waals surface area (Å²) in [5.41, 5.74) is 0.561. The molecule has 0 saturated heterocycles. The number of halogens is 1. The Hall–Kier alpha value is -2.26. The van der Waals surface area contributed by atoms with E-state index in [-0.39, 0.29) is 16.9 Å². The maximum Gasteiger partial charge on any atom is 0.223 e. The number of H-pyrrole nitrogens is 1. The smallest absolute Gasteiger partial charge is 0.223 e. The molecule has 1 aromatic carbocycles. The molecule has 0 fully saturated rings. The summed E-state index contributed by atoms with van der Waals surface area (Å²) in [4.78, 5) is 25.9. The summed E-state index contributed by atoms with van der Waals surface area (Å²) in [6.45, 7) is 1.39. The van der Waals surface area contributed by atoms with Crippen molar-refractivity contribution in [1.29, 1.82) is 0 Å². The fraction of sp³-hybridized carbons (Fsp3) is 0.143. The van der Waals surface area contributed by atoms with Gasteiger partial charge in [0, 0.05) is 29.8 Å². The molecule has 2 N–H and O–H groups in total. The third-order valence-corrected chi connectivity index (χ3v) is 4.93. The van der Waals surface area contributed by atoms with Crippen molar-refractivity contribution in [2.24, 2.45) is 0 Å². The Morgan fingerprint density at radius 1 is 1.43 bits per heavy atom. The van der Waals surface area contributed by atoms with E-state index in [0.717, 1.165) is 0 Å². The number of hydrogen-bond acceptors (Lipinski definition) is 6. The van der Waals surface area contributed by atoms with Crippen LogP contribution in [0.2, 0.25) is 0 Å². The van der Waals surface area contributed by atoms with E-state index < -0.39 is 5.82 Å². The molecule has 0 aliphatic carbocycles. The number of hydrogen-bond donors (Lipinski definition) is 2. The Labute approximate surface area is 138 Å². The summed E-state index contributed by atoms with van der Waals surface area (Å²) in [5.74, 6) is -0.267. The number of carbonyl (C=O) groups is 1. The Morgan fingerprint density at radius 2 is 2.26 bits per heavy atom. The second kappa shape index (κ2) is 6.47. The summed E-state index contributed by atoms with van der Waals surface area (Å²) in [5, 5.41) is 11.1. The maximum atomic E-state index is 13.8. The monoisotopic (exact) mass is 350 g/mol. The van der Waals surface area contributed by atoms with Gasteiger partial charge in [0.05, 0.1) is 5.52 Å². The normalized spacial score (nSPS) is 10.9. The second-order valence-electron chi connectivity index (χ2n) is 4.66. The van der Waals surface area contributed by atoms with E-state index in [1.807, 2.05) is 0 Å². The number of para-hydroxylation sites is 1. The number of thioether (sulfide) groups is 1. The number of aromatic nitrogens is 3. The van der Waals surface area contributed by atoms with Gasteiger partial charge in [0.2, 0.25) is 11.0 Å². The molecular formula is C14H11FN4O2S2. The quantitative estimate of drug-likeness (QED) is 0.558. The molecule has 0 radical (unpaired) electrons. The lowest BCUT2D eigenvalue weighted by molar-refractivity contribution is -0.114. The van der Waals surface area contributed by atoms with Crippen molar-refractivity contribution in [1.82, 2.24) is 15.2 Å². The van der Waals surface area contributed by atoms with Gasteiger partial charge in [-0.3, -0.25) is 9.59 Å². The number of nitrogens with one attached hydrogen (secondary N) is 2. The van der Waals surface area contributed by atoms with Gasteiger partial charge in [-0.15, -0.1) is 10.2 Å². The Balaban J connectivity index is 1.79. The highest BCUT2D eigenvalue weighted by atomic mass is 32.2. The molecule has 3 rings (SSSR count). The van der Waals surface area contributed by atoms with Gasteiger partial charge >= 0.3 is 0 Å². The minimum absolute atomic E-state index is 0.201. The third kappa shape index (κ3) is 3.57. The minimum atomic E-state index is -0.463. The molecule has 118 valence electrons. The molecule has 0 atom stereocenters. The van der Waals surface area contributed by atoms with Crippen molar-refractivity contribution in [2.45, 2.75) is 17.0 Å². The molecule has 3 aromatic rings. The van der Waals surface area contributed by atoms with Gasteiger partial charge in [-0.05, 0) is 12.1 Å². The third-order valence-electron chi connectivity index (χ3n) is 2.91. The van der Waals surface area contributed by atoms with Gasteiger partial charge < -0.3 is 10.3 Å². The fourth-order valence-electron chi connectivity index (χ4n) is 1.98. The Bertz CT molecular complexity index is 938. The molecule has 23 heavy (non-hydrogen) atoms. The largest absolute Gasteiger partial charge is 0.355 e. The predicted molar refractivity (Wildman–Crippen MR) is 88.3 cm³/mol. The first-order valence-corrected chi connectivity index (χ1v) is 8.37. The van der Waals surface area contributed by atoms with E-state index in [1.54, 1.807) is 6.07 Å². The zero-order valence-corrected chi connectivity index (χ0v) is 13.6. The van der Waals surface area contributed by atoms with Crippen LogP contribution in [-0.4, -0.2) is 21.1 Å². The zero-order chi connectivity index (χ0) is 16.4. The molecule has 0 aliphatic rings. The van der Waals surface area contributed by atoms with Crippen LogP contribution in [0.25, 0.3) is 10.9 Å². The summed E-state index contributed by atoms with van der Waals surface area (Å²) >= 11 is 2.58. The van der Waals surface area contributed by atoms with E-state index >= 15 is 0 Å². The summed E-state index contributed by atoms with van der Waals surface area (Å²) in [6, 6.07) is 5.84. The van der Waals surface area contributed by atoms with Crippen LogP contribution in [0.1, 0.15) is 12.6 Å². The molecule has 0 aliphatic heterocycles. The van der Waals surface area contributed by atoms with Crippen molar-refractivity contribution < 1.29 is 9.18 Å². The average molecular weight is 350 g/mol. The maximum absolute atomic E-state index is 13.8. The van der Waals surface area contributed by atoms with Crippen molar-refractivity contribution >= 4 is 45.0 Å².